The molecule has 4 rings (SSSR count). The Balaban J connectivity index is 1.83. The number of rotatable bonds is 4. The van der Waals surface area contributed by atoms with Gasteiger partial charge in [0.05, 0.1) is 11.0 Å². The molecule has 0 bridgehead atoms. The Kier molecular flexibility index (Phi) is 3.46. The van der Waals surface area contributed by atoms with E-state index >= 15 is 0 Å². The number of hydrogen-bond acceptors (Lipinski definition) is 5. The normalized spacial score (nSPS) is 10.9. The van der Waals surface area contributed by atoms with Crippen LogP contribution in [0.25, 0.3) is 33.8 Å². The molecule has 2 aromatic heterocycles. The smallest absolute Gasteiger partial charge is 0.298 e. The van der Waals surface area contributed by atoms with E-state index in [2.05, 4.69) is 15.1 Å². The lowest BCUT2D eigenvalue weighted by Gasteiger charge is -1.98. The number of carbonyl (C=O) groups is 1. The molecule has 4 aromatic rings. The molecule has 0 saturated heterocycles. The highest BCUT2D eigenvalue weighted by Crippen LogP contribution is 2.37. The quantitative estimate of drug-likeness (QED) is 0.560. The second-order valence-corrected chi connectivity index (χ2v) is 5.51. The zero-order chi connectivity index (χ0) is 17.4. The largest absolute Gasteiger partial charge is 0.504 e. The Morgan fingerprint density at radius 3 is 2.76 bits per heavy atom. The molecular weight excluding hydrogens is 320 g/mol. The predicted octanol–water partition coefficient (Wildman–Crippen LogP) is 2.87. The number of nitrogens with one attached hydrogen (secondary N) is 1. The number of imidazole rings is 1. The number of aromatic amines is 1. The van der Waals surface area contributed by atoms with Gasteiger partial charge >= 0.3 is 0 Å². The molecule has 7 heteroatoms. The van der Waals surface area contributed by atoms with E-state index in [1.165, 1.54) is 0 Å². The minimum absolute atomic E-state index is 0.0529. The molecule has 0 radical (unpaired) electrons. The molecule has 2 N–H and O–H groups in total. The summed E-state index contributed by atoms with van der Waals surface area (Å²) in [5.74, 6) is 0.946. The maximum Gasteiger partial charge on any atom is 0.298 e. The summed E-state index contributed by atoms with van der Waals surface area (Å²) in [6.07, 6.45) is 0. The monoisotopic (exact) mass is 334 g/mol. The Hall–Kier alpha value is -3.61. The lowest BCUT2D eigenvalue weighted by atomic mass is 10.1. The van der Waals surface area contributed by atoms with E-state index in [4.69, 9.17) is 4.74 Å². The van der Waals surface area contributed by atoms with Crippen LogP contribution in [-0.4, -0.2) is 31.3 Å². The number of fused-ring (bicyclic) bond motifs is 1. The number of hydrogen-bond donors (Lipinski definition) is 2. The van der Waals surface area contributed by atoms with Crippen molar-refractivity contribution in [1.82, 2.24) is 19.7 Å². The SMILES string of the molecule is Cn1nc(-c2ccccc2)c(O)c1-c1nc2ccc(OC=O)cc2[nH]1. The molecule has 0 atom stereocenters. The van der Waals surface area contributed by atoms with Crippen LogP contribution in [0.5, 0.6) is 11.5 Å². The summed E-state index contributed by atoms with van der Waals surface area (Å²) in [5, 5.41) is 15.1. The van der Waals surface area contributed by atoms with E-state index in [-0.39, 0.29) is 5.75 Å². The number of nitrogens with zero attached hydrogens (tertiary/aromatic N) is 3. The van der Waals surface area contributed by atoms with Crippen LogP contribution in [0.4, 0.5) is 0 Å². The third-order valence-electron chi connectivity index (χ3n) is 3.93. The number of aryl methyl sites for hydroxylation is 1. The van der Waals surface area contributed by atoms with Crippen LogP contribution in [0, 0.1) is 0 Å². The van der Waals surface area contributed by atoms with Crippen molar-refractivity contribution >= 4 is 17.5 Å². The maximum absolute atomic E-state index is 10.7. The van der Waals surface area contributed by atoms with Crippen LogP contribution in [0.15, 0.2) is 48.5 Å². The first kappa shape index (κ1) is 14.9. The van der Waals surface area contributed by atoms with Gasteiger partial charge in [-0.25, -0.2) is 4.98 Å². The zero-order valence-electron chi connectivity index (χ0n) is 13.3. The van der Waals surface area contributed by atoms with Gasteiger partial charge in [-0.15, -0.1) is 0 Å². The van der Waals surface area contributed by atoms with Crippen molar-refractivity contribution in [3.63, 3.8) is 0 Å². The molecule has 0 aliphatic carbocycles. The van der Waals surface area contributed by atoms with Crippen molar-refractivity contribution in [2.24, 2.45) is 7.05 Å². The first-order valence-electron chi connectivity index (χ1n) is 7.59. The standard InChI is InChI=1S/C18H14N4O3/c1-22-16(17(24)15(21-22)11-5-3-2-4-6-11)18-19-13-8-7-12(25-10-23)9-14(13)20-18/h2-10,24H,1H3,(H,19,20). The molecule has 0 aliphatic heterocycles. The number of aromatic nitrogens is 4. The van der Waals surface area contributed by atoms with E-state index in [1.54, 1.807) is 29.9 Å². The Morgan fingerprint density at radius 1 is 1.20 bits per heavy atom. The van der Waals surface area contributed by atoms with Crippen LogP contribution in [0.2, 0.25) is 0 Å². The van der Waals surface area contributed by atoms with Crippen LogP contribution in [0.1, 0.15) is 0 Å². The van der Waals surface area contributed by atoms with Crippen molar-refractivity contribution in [2.45, 2.75) is 0 Å². The highest BCUT2D eigenvalue weighted by atomic mass is 16.5. The number of aromatic hydroxyl groups is 1. The Morgan fingerprint density at radius 2 is 2.00 bits per heavy atom. The van der Waals surface area contributed by atoms with Gasteiger partial charge in [-0.05, 0) is 12.1 Å². The van der Waals surface area contributed by atoms with Crippen molar-refractivity contribution in [3.05, 3.63) is 48.5 Å². The van der Waals surface area contributed by atoms with Crippen molar-refractivity contribution < 1.29 is 14.6 Å². The molecule has 0 fully saturated rings. The van der Waals surface area contributed by atoms with Crippen molar-refractivity contribution in [2.75, 3.05) is 0 Å². The second kappa shape index (κ2) is 5.79. The number of benzene rings is 2. The van der Waals surface area contributed by atoms with Gasteiger partial charge in [-0.3, -0.25) is 9.48 Å². The highest BCUT2D eigenvalue weighted by Gasteiger charge is 2.21. The van der Waals surface area contributed by atoms with Gasteiger partial charge in [0.1, 0.15) is 17.1 Å². The van der Waals surface area contributed by atoms with Gasteiger partial charge in [-0.1, -0.05) is 30.3 Å². The van der Waals surface area contributed by atoms with Gasteiger partial charge in [0.15, 0.2) is 11.6 Å². The summed E-state index contributed by atoms with van der Waals surface area (Å²) < 4.78 is 6.42. The van der Waals surface area contributed by atoms with Crippen molar-refractivity contribution in [1.29, 1.82) is 0 Å². The fourth-order valence-electron chi connectivity index (χ4n) is 2.80. The van der Waals surface area contributed by atoms with Gasteiger partial charge in [0.25, 0.3) is 6.47 Å². The van der Waals surface area contributed by atoms with E-state index in [0.29, 0.717) is 40.5 Å². The van der Waals surface area contributed by atoms with Gasteiger partial charge in [0.2, 0.25) is 0 Å². The summed E-state index contributed by atoms with van der Waals surface area (Å²) in [6.45, 7) is 0.373. The maximum atomic E-state index is 10.7. The Labute approximate surface area is 142 Å². The fraction of sp³-hybridized carbons (Fsp3) is 0.0556. The minimum Gasteiger partial charge on any atom is -0.504 e. The average molecular weight is 334 g/mol. The molecule has 2 aromatic carbocycles. The number of carbonyl (C=O) groups excluding carboxylic acids is 1. The van der Waals surface area contributed by atoms with Crippen LogP contribution in [0.3, 0.4) is 0 Å². The Bertz CT molecular complexity index is 1070. The summed E-state index contributed by atoms with van der Waals surface area (Å²) in [4.78, 5) is 18.1. The molecule has 2 heterocycles. The lowest BCUT2D eigenvalue weighted by Crippen LogP contribution is -1.95. The van der Waals surface area contributed by atoms with E-state index in [1.807, 2.05) is 30.3 Å². The zero-order valence-corrected chi connectivity index (χ0v) is 13.3. The molecule has 124 valence electrons. The summed E-state index contributed by atoms with van der Waals surface area (Å²) in [7, 11) is 1.75. The third-order valence-corrected chi connectivity index (χ3v) is 3.93. The van der Waals surface area contributed by atoms with Crippen LogP contribution in [-0.2, 0) is 11.8 Å². The molecule has 7 nitrogen and oxygen atoms in total. The summed E-state index contributed by atoms with van der Waals surface area (Å²) >= 11 is 0. The first-order chi connectivity index (χ1) is 12.2. The molecule has 0 saturated carbocycles. The molecule has 25 heavy (non-hydrogen) atoms. The first-order valence-corrected chi connectivity index (χ1v) is 7.59. The number of ether oxygens (including phenoxy) is 1. The second-order valence-electron chi connectivity index (χ2n) is 5.51. The summed E-state index contributed by atoms with van der Waals surface area (Å²) in [5.41, 5.74) is 3.17. The number of H-pyrrole nitrogens is 1. The fourth-order valence-corrected chi connectivity index (χ4v) is 2.80. The molecule has 0 unspecified atom stereocenters. The molecule has 0 amide bonds. The van der Waals surface area contributed by atoms with Gasteiger partial charge in [0, 0.05) is 18.7 Å². The minimum atomic E-state index is 0.0529. The third kappa shape index (κ3) is 2.51. The van der Waals surface area contributed by atoms with Crippen LogP contribution < -0.4 is 4.74 Å². The molecular formula is C18H14N4O3. The lowest BCUT2D eigenvalue weighted by molar-refractivity contribution is -0.120. The predicted molar refractivity (Wildman–Crippen MR) is 92.1 cm³/mol. The molecule has 0 aliphatic rings. The topological polar surface area (TPSA) is 93.0 Å². The van der Waals surface area contributed by atoms with E-state index in [9.17, 15) is 9.90 Å². The van der Waals surface area contributed by atoms with Gasteiger partial charge in [-0.2, -0.15) is 5.10 Å². The van der Waals surface area contributed by atoms with E-state index in [0.717, 1.165) is 5.56 Å². The van der Waals surface area contributed by atoms with Gasteiger partial charge < -0.3 is 14.8 Å². The van der Waals surface area contributed by atoms with Crippen molar-refractivity contribution in [3.8, 4) is 34.3 Å². The van der Waals surface area contributed by atoms with E-state index < -0.39 is 0 Å². The summed E-state index contributed by atoms with van der Waals surface area (Å²) in [6, 6.07) is 14.5. The average Bonchev–Trinajstić information content (AvgIpc) is 3.15. The van der Waals surface area contributed by atoms with Crippen LogP contribution >= 0.6 is 0 Å². The highest BCUT2D eigenvalue weighted by molar-refractivity contribution is 5.83. The molecule has 0 spiro atoms.